The van der Waals surface area contributed by atoms with Gasteiger partial charge >= 0.3 is 5.97 Å². The summed E-state index contributed by atoms with van der Waals surface area (Å²) >= 11 is 1.22. The van der Waals surface area contributed by atoms with Gasteiger partial charge in [0.2, 0.25) is 0 Å². The third kappa shape index (κ3) is 1.94. The molecule has 1 saturated heterocycles. The molecule has 0 N–H and O–H groups in total. The molecule has 0 radical (unpaired) electrons. The fraction of sp³-hybridized carbons (Fsp3) is 0.909. The number of rotatable bonds is 3. The van der Waals surface area contributed by atoms with E-state index in [4.69, 9.17) is 0 Å². The van der Waals surface area contributed by atoms with Crippen molar-refractivity contribution in [3.05, 3.63) is 0 Å². The Balaban J connectivity index is 2.25. The molecule has 2 aliphatic rings. The molecular weight excluding hydrogens is 234 g/mol. The summed E-state index contributed by atoms with van der Waals surface area (Å²) in [5, 5.41) is 0. The standard InChI is InChI=1S/C11H16F2O2S/c1-15-9(14)10(6-8-2-3-8)4-5-16-7-11(10,12)13/h8H,2-7H2,1H3. The summed E-state index contributed by atoms with van der Waals surface area (Å²) in [7, 11) is 1.20. The highest BCUT2D eigenvalue weighted by Crippen LogP contribution is 2.54. The van der Waals surface area contributed by atoms with E-state index in [9.17, 15) is 13.6 Å². The van der Waals surface area contributed by atoms with Crippen LogP contribution in [-0.2, 0) is 9.53 Å². The SMILES string of the molecule is COC(=O)C1(CC2CC2)CCSCC1(F)F. The Labute approximate surface area is 98.1 Å². The number of methoxy groups -OCH3 is 1. The van der Waals surface area contributed by atoms with E-state index >= 15 is 0 Å². The van der Waals surface area contributed by atoms with E-state index in [0.29, 0.717) is 18.1 Å². The zero-order valence-corrected chi connectivity index (χ0v) is 10.1. The van der Waals surface area contributed by atoms with E-state index < -0.39 is 17.3 Å². The quantitative estimate of drug-likeness (QED) is 0.720. The summed E-state index contributed by atoms with van der Waals surface area (Å²) in [6.07, 6.45) is 2.49. The van der Waals surface area contributed by atoms with Crippen molar-refractivity contribution in [1.29, 1.82) is 0 Å². The topological polar surface area (TPSA) is 26.3 Å². The number of ether oxygens (including phenoxy) is 1. The summed E-state index contributed by atoms with van der Waals surface area (Å²) in [5.41, 5.74) is -1.55. The summed E-state index contributed by atoms with van der Waals surface area (Å²) in [6.45, 7) is 0. The molecule has 1 unspecified atom stereocenters. The molecule has 92 valence electrons. The summed E-state index contributed by atoms with van der Waals surface area (Å²) in [4.78, 5) is 11.8. The second kappa shape index (κ2) is 4.17. The minimum Gasteiger partial charge on any atom is -0.468 e. The van der Waals surface area contributed by atoms with Gasteiger partial charge in [-0.15, -0.1) is 0 Å². The molecule has 1 atom stereocenters. The Morgan fingerprint density at radius 1 is 1.50 bits per heavy atom. The first-order valence-corrected chi connectivity index (χ1v) is 6.71. The number of esters is 1. The predicted molar refractivity (Wildman–Crippen MR) is 58.7 cm³/mol. The third-order valence-electron chi connectivity index (χ3n) is 3.57. The molecule has 0 spiro atoms. The number of hydrogen-bond donors (Lipinski definition) is 0. The van der Waals surface area contributed by atoms with Gasteiger partial charge in [0.25, 0.3) is 5.92 Å². The van der Waals surface area contributed by atoms with Gasteiger partial charge in [-0.3, -0.25) is 4.79 Å². The van der Waals surface area contributed by atoms with E-state index in [0.717, 1.165) is 12.8 Å². The minimum absolute atomic E-state index is 0.244. The lowest BCUT2D eigenvalue weighted by atomic mass is 9.74. The monoisotopic (exact) mass is 250 g/mol. The molecule has 0 amide bonds. The lowest BCUT2D eigenvalue weighted by Gasteiger charge is -2.41. The van der Waals surface area contributed by atoms with Crippen LogP contribution in [0.3, 0.4) is 0 Å². The van der Waals surface area contributed by atoms with Gasteiger partial charge in [-0.25, -0.2) is 8.78 Å². The fourth-order valence-electron chi connectivity index (χ4n) is 2.36. The van der Waals surface area contributed by atoms with E-state index in [-0.39, 0.29) is 12.2 Å². The van der Waals surface area contributed by atoms with E-state index in [1.807, 2.05) is 0 Å². The molecule has 1 heterocycles. The molecule has 2 nitrogen and oxygen atoms in total. The van der Waals surface area contributed by atoms with Crippen LogP contribution in [0, 0.1) is 11.3 Å². The van der Waals surface area contributed by atoms with Gasteiger partial charge in [0.15, 0.2) is 0 Å². The van der Waals surface area contributed by atoms with Crippen LogP contribution in [-0.4, -0.2) is 30.5 Å². The summed E-state index contributed by atoms with van der Waals surface area (Å²) in [5.74, 6) is -2.98. The van der Waals surface area contributed by atoms with Crippen LogP contribution < -0.4 is 0 Å². The lowest BCUT2D eigenvalue weighted by molar-refractivity contribution is -0.182. The van der Waals surface area contributed by atoms with Crippen LogP contribution in [0.1, 0.15) is 25.7 Å². The number of carbonyl (C=O) groups is 1. The highest BCUT2D eigenvalue weighted by Gasteiger charge is 2.62. The van der Waals surface area contributed by atoms with Crippen LogP contribution in [0.2, 0.25) is 0 Å². The van der Waals surface area contributed by atoms with Crippen molar-refractivity contribution in [2.24, 2.45) is 11.3 Å². The fourth-order valence-corrected chi connectivity index (χ4v) is 3.53. The maximum absolute atomic E-state index is 14.0. The van der Waals surface area contributed by atoms with Crippen LogP contribution in [0.5, 0.6) is 0 Å². The smallest absolute Gasteiger partial charge is 0.318 e. The Morgan fingerprint density at radius 3 is 2.69 bits per heavy atom. The van der Waals surface area contributed by atoms with Gasteiger partial charge in [0, 0.05) is 0 Å². The molecule has 0 bridgehead atoms. The molecule has 2 fully saturated rings. The van der Waals surface area contributed by atoms with Crippen LogP contribution in [0.25, 0.3) is 0 Å². The van der Waals surface area contributed by atoms with Gasteiger partial charge < -0.3 is 4.74 Å². The Morgan fingerprint density at radius 2 is 2.19 bits per heavy atom. The molecule has 16 heavy (non-hydrogen) atoms. The van der Waals surface area contributed by atoms with Crippen LogP contribution in [0.4, 0.5) is 8.78 Å². The highest BCUT2D eigenvalue weighted by molar-refractivity contribution is 7.99. The maximum Gasteiger partial charge on any atom is 0.318 e. The molecule has 2 rings (SSSR count). The number of carbonyl (C=O) groups excluding carboxylic acids is 1. The normalized spacial score (nSPS) is 33.4. The summed E-state index contributed by atoms with van der Waals surface area (Å²) < 4.78 is 32.7. The van der Waals surface area contributed by atoms with Crippen molar-refractivity contribution < 1.29 is 18.3 Å². The first kappa shape index (κ1) is 12.1. The Hall–Kier alpha value is -0.320. The molecule has 0 aromatic carbocycles. The molecule has 5 heteroatoms. The van der Waals surface area contributed by atoms with Crippen molar-refractivity contribution in [2.45, 2.75) is 31.6 Å². The zero-order chi connectivity index (χ0) is 11.8. The summed E-state index contributed by atoms with van der Waals surface area (Å²) in [6, 6.07) is 0. The van der Waals surface area contributed by atoms with Gasteiger partial charge in [0.1, 0.15) is 5.41 Å². The van der Waals surface area contributed by atoms with Crippen LogP contribution >= 0.6 is 11.8 Å². The molecule has 0 aromatic rings. The van der Waals surface area contributed by atoms with Crippen molar-refractivity contribution in [1.82, 2.24) is 0 Å². The Bertz CT molecular complexity index is 292. The lowest BCUT2D eigenvalue weighted by Crippen LogP contribution is -2.52. The molecular formula is C11H16F2O2S. The van der Waals surface area contributed by atoms with Gasteiger partial charge in [0.05, 0.1) is 12.9 Å². The van der Waals surface area contributed by atoms with Crippen molar-refractivity contribution in [3.8, 4) is 0 Å². The zero-order valence-electron chi connectivity index (χ0n) is 9.30. The number of halogens is 2. The second-order valence-electron chi connectivity index (χ2n) is 4.73. The number of hydrogen-bond acceptors (Lipinski definition) is 3. The van der Waals surface area contributed by atoms with E-state index in [2.05, 4.69) is 4.74 Å². The largest absolute Gasteiger partial charge is 0.468 e. The van der Waals surface area contributed by atoms with Gasteiger partial charge in [-0.2, -0.15) is 11.8 Å². The molecule has 0 aromatic heterocycles. The number of alkyl halides is 2. The molecule has 1 aliphatic carbocycles. The van der Waals surface area contributed by atoms with E-state index in [1.165, 1.54) is 18.9 Å². The second-order valence-corrected chi connectivity index (χ2v) is 5.83. The van der Waals surface area contributed by atoms with Crippen molar-refractivity contribution in [3.63, 3.8) is 0 Å². The van der Waals surface area contributed by atoms with Crippen molar-refractivity contribution in [2.75, 3.05) is 18.6 Å². The highest BCUT2D eigenvalue weighted by atomic mass is 32.2. The van der Waals surface area contributed by atoms with Gasteiger partial charge in [-0.1, -0.05) is 12.8 Å². The van der Waals surface area contributed by atoms with Crippen molar-refractivity contribution >= 4 is 17.7 Å². The first-order valence-electron chi connectivity index (χ1n) is 5.56. The molecule has 1 saturated carbocycles. The predicted octanol–water partition coefficient (Wildman–Crippen LogP) is 2.72. The molecule has 1 aliphatic heterocycles. The minimum atomic E-state index is -2.92. The third-order valence-corrected chi connectivity index (χ3v) is 4.63. The van der Waals surface area contributed by atoms with Gasteiger partial charge in [-0.05, 0) is 24.5 Å². The first-order chi connectivity index (χ1) is 7.52. The average molecular weight is 250 g/mol. The van der Waals surface area contributed by atoms with E-state index in [1.54, 1.807) is 0 Å². The Kier molecular flexibility index (Phi) is 3.16. The maximum atomic E-state index is 14.0. The van der Waals surface area contributed by atoms with Crippen LogP contribution in [0.15, 0.2) is 0 Å². The number of thioether (sulfide) groups is 1. The average Bonchev–Trinajstić information content (AvgIpc) is 3.04.